The van der Waals surface area contributed by atoms with Gasteiger partial charge in [0.05, 0.1) is 5.75 Å². The van der Waals surface area contributed by atoms with Crippen LogP contribution in [0.15, 0.2) is 18.2 Å². The topological polar surface area (TPSA) is 63.4 Å². The van der Waals surface area contributed by atoms with Gasteiger partial charge in [-0.05, 0) is 42.0 Å². The minimum Gasteiger partial charge on any atom is -0.399 e. The first-order valence-electron chi connectivity index (χ1n) is 7.40. The Kier molecular flexibility index (Phi) is 3.73. The van der Waals surface area contributed by atoms with Crippen LogP contribution in [0.5, 0.6) is 0 Å². The van der Waals surface area contributed by atoms with Gasteiger partial charge in [-0.2, -0.15) is 4.31 Å². The van der Waals surface area contributed by atoms with Crippen LogP contribution in [0.1, 0.15) is 43.2 Å². The van der Waals surface area contributed by atoms with Crippen LogP contribution >= 0.6 is 0 Å². The van der Waals surface area contributed by atoms with Gasteiger partial charge in [-0.25, -0.2) is 8.42 Å². The Balaban J connectivity index is 1.70. The number of hydrogen-bond acceptors (Lipinski definition) is 3. The van der Waals surface area contributed by atoms with E-state index in [-0.39, 0.29) is 0 Å². The Bertz CT molecular complexity index is 592. The minimum atomic E-state index is -3.15. The Morgan fingerprint density at radius 1 is 1.10 bits per heavy atom. The highest BCUT2D eigenvalue weighted by atomic mass is 32.2. The normalized spacial score (nSPS) is 21.0. The van der Waals surface area contributed by atoms with Crippen LogP contribution in [-0.4, -0.2) is 18.5 Å². The molecule has 0 unspecified atom stereocenters. The van der Waals surface area contributed by atoms with Gasteiger partial charge in [0.15, 0.2) is 0 Å². The second kappa shape index (κ2) is 5.37. The predicted octanol–water partition coefficient (Wildman–Crippen LogP) is 2.49. The molecule has 0 spiro atoms. The molecule has 3 rings (SSSR count). The van der Waals surface area contributed by atoms with Gasteiger partial charge in [0.2, 0.25) is 10.0 Å². The fourth-order valence-corrected chi connectivity index (χ4v) is 5.15. The summed E-state index contributed by atoms with van der Waals surface area (Å²) in [5.74, 6) is 0.666. The summed E-state index contributed by atoms with van der Waals surface area (Å²) < 4.78 is 26.7. The van der Waals surface area contributed by atoms with E-state index in [1.54, 1.807) is 4.31 Å². The third kappa shape index (κ3) is 2.83. The lowest BCUT2D eigenvalue weighted by atomic mass is 9.91. The molecule has 1 aliphatic heterocycles. The molecular weight excluding hydrogens is 272 g/mol. The maximum absolute atomic E-state index is 12.5. The van der Waals surface area contributed by atoms with Crippen LogP contribution in [0, 0.1) is 5.92 Å². The maximum atomic E-state index is 12.5. The van der Waals surface area contributed by atoms with Crippen molar-refractivity contribution >= 4 is 15.7 Å². The molecular formula is C15H22N2O2S. The second-order valence-electron chi connectivity index (χ2n) is 6.08. The van der Waals surface area contributed by atoms with Gasteiger partial charge >= 0.3 is 0 Å². The molecule has 1 fully saturated rings. The van der Waals surface area contributed by atoms with Crippen LogP contribution in [-0.2, 0) is 23.1 Å². The third-order valence-electron chi connectivity index (χ3n) is 4.49. The first-order chi connectivity index (χ1) is 9.54. The van der Waals surface area contributed by atoms with Gasteiger partial charge in [-0.3, -0.25) is 0 Å². The van der Waals surface area contributed by atoms with Crippen LogP contribution in [0.4, 0.5) is 5.69 Å². The zero-order chi connectivity index (χ0) is 14.2. The first kappa shape index (κ1) is 13.9. The summed E-state index contributed by atoms with van der Waals surface area (Å²) in [5, 5.41) is 0. The summed E-state index contributed by atoms with van der Waals surface area (Å²) in [6, 6.07) is 5.68. The zero-order valence-corrected chi connectivity index (χ0v) is 12.5. The van der Waals surface area contributed by atoms with E-state index in [1.165, 1.54) is 19.3 Å². The van der Waals surface area contributed by atoms with Crippen LogP contribution in [0.2, 0.25) is 0 Å². The Labute approximate surface area is 121 Å². The minimum absolute atomic E-state index is 0.316. The fourth-order valence-electron chi connectivity index (χ4n) is 3.34. The number of nitrogen functional groups attached to an aromatic ring is 1. The summed E-state index contributed by atoms with van der Waals surface area (Å²) >= 11 is 0. The van der Waals surface area contributed by atoms with Crippen molar-refractivity contribution < 1.29 is 8.42 Å². The SMILES string of the molecule is Nc1ccc2c(c1)CN(S(=O)(=O)CC1CCCCC1)C2. The highest BCUT2D eigenvalue weighted by molar-refractivity contribution is 7.89. The van der Waals surface area contributed by atoms with E-state index in [1.807, 2.05) is 18.2 Å². The largest absolute Gasteiger partial charge is 0.399 e. The summed E-state index contributed by atoms with van der Waals surface area (Å²) in [5.41, 5.74) is 8.61. The monoisotopic (exact) mass is 294 g/mol. The molecule has 0 radical (unpaired) electrons. The van der Waals surface area contributed by atoms with Crippen molar-refractivity contribution in [2.24, 2.45) is 5.92 Å². The van der Waals surface area contributed by atoms with Crippen LogP contribution in [0.3, 0.4) is 0 Å². The number of nitrogens with zero attached hydrogens (tertiary/aromatic N) is 1. The molecule has 5 heteroatoms. The first-order valence-corrected chi connectivity index (χ1v) is 9.00. The van der Waals surface area contributed by atoms with Crippen LogP contribution in [0.25, 0.3) is 0 Å². The van der Waals surface area contributed by atoms with Crippen molar-refractivity contribution in [3.05, 3.63) is 29.3 Å². The molecule has 0 atom stereocenters. The third-order valence-corrected chi connectivity index (χ3v) is 6.43. The predicted molar refractivity (Wildman–Crippen MR) is 80.5 cm³/mol. The number of rotatable bonds is 3. The molecule has 4 nitrogen and oxygen atoms in total. The lowest BCUT2D eigenvalue weighted by Gasteiger charge is -2.24. The molecule has 1 heterocycles. The summed E-state index contributed by atoms with van der Waals surface area (Å²) in [6.07, 6.45) is 5.73. The summed E-state index contributed by atoms with van der Waals surface area (Å²) in [6.45, 7) is 0.986. The number of anilines is 1. The highest BCUT2D eigenvalue weighted by Crippen LogP contribution is 2.30. The van der Waals surface area contributed by atoms with E-state index in [2.05, 4.69) is 0 Å². The van der Waals surface area contributed by atoms with E-state index in [0.29, 0.717) is 30.4 Å². The lowest BCUT2D eigenvalue weighted by Crippen LogP contribution is -2.31. The maximum Gasteiger partial charge on any atom is 0.214 e. The number of fused-ring (bicyclic) bond motifs is 1. The Morgan fingerprint density at radius 2 is 1.80 bits per heavy atom. The molecule has 2 N–H and O–H groups in total. The quantitative estimate of drug-likeness (QED) is 0.871. The number of sulfonamides is 1. The van der Waals surface area contributed by atoms with E-state index in [0.717, 1.165) is 24.0 Å². The number of benzene rings is 1. The average molecular weight is 294 g/mol. The standard InChI is InChI=1S/C15H22N2O2S/c16-15-7-6-13-9-17(10-14(13)8-15)20(18,19)11-12-4-2-1-3-5-12/h6-8,12H,1-5,9-11,16H2. The van der Waals surface area contributed by atoms with E-state index < -0.39 is 10.0 Å². The number of nitrogens with two attached hydrogens (primary N) is 1. The van der Waals surface area contributed by atoms with Gasteiger partial charge < -0.3 is 5.73 Å². The summed E-state index contributed by atoms with van der Waals surface area (Å²) in [7, 11) is -3.15. The van der Waals surface area contributed by atoms with E-state index in [4.69, 9.17) is 5.73 Å². The molecule has 1 saturated carbocycles. The van der Waals surface area contributed by atoms with Gasteiger partial charge in [0, 0.05) is 18.8 Å². The smallest absolute Gasteiger partial charge is 0.214 e. The van der Waals surface area contributed by atoms with Gasteiger partial charge in [-0.1, -0.05) is 25.3 Å². The Morgan fingerprint density at radius 3 is 2.55 bits per heavy atom. The van der Waals surface area contributed by atoms with Crippen molar-refractivity contribution in [2.75, 3.05) is 11.5 Å². The molecule has 0 bridgehead atoms. The molecule has 1 aliphatic carbocycles. The molecule has 20 heavy (non-hydrogen) atoms. The summed E-state index contributed by atoms with van der Waals surface area (Å²) in [4.78, 5) is 0. The van der Waals surface area contributed by atoms with E-state index in [9.17, 15) is 8.42 Å². The Hall–Kier alpha value is -1.07. The lowest BCUT2D eigenvalue weighted by molar-refractivity contribution is 0.369. The molecule has 110 valence electrons. The molecule has 1 aromatic rings. The number of hydrogen-bond donors (Lipinski definition) is 1. The van der Waals surface area contributed by atoms with E-state index >= 15 is 0 Å². The highest BCUT2D eigenvalue weighted by Gasteiger charge is 2.31. The van der Waals surface area contributed by atoms with Crippen molar-refractivity contribution in [2.45, 2.75) is 45.2 Å². The average Bonchev–Trinajstić information content (AvgIpc) is 2.83. The fraction of sp³-hybridized carbons (Fsp3) is 0.600. The van der Waals surface area contributed by atoms with Crippen LogP contribution < -0.4 is 5.73 Å². The zero-order valence-electron chi connectivity index (χ0n) is 11.7. The van der Waals surface area contributed by atoms with Gasteiger partial charge in [-0.15, -0.1) is 0 Å². The van der Waals surface area contributed by atoms with Crippen molar-refractivity contribution in [1.29, 1.82) is 0 Å². The van der Waals surface area contributed by atoms with Gasteiger partial charge in [0.1, 0.15) is 0 Å². The second-order valence-corrected chi connectivity index (χ2v) is 8.09. The van der Waals surface area contributed by atoms with Crippen molar-refractivity contribution in [3.63, 3.8) is 0 Å². The molecule has 0 amide bonds. The van der Waals surface area contributed by atoms with Crippen molar-refractivity contribution in [3.8, 4) is 0 Å². The van der Waals surface area contributed by atoms with Crippen molar-refractivity contribution in [1.82, 2.24) is 4.31 Å². The van der Waals surface area contributed by atoms with Gasteiger partial charge in [0.25, 0.3) is 0 Å². The molecule has 0 aromatic heterocycles. The molecule has 2 aliphatic rings. The molecule has 0 saturated heterocycles. The molecule has 1 aromatic carbocycles.